The van der Waals surface area contributed by atoms with Crippen molar-refractivity contribution in [2.24, 2.45) is 29.6 Å². The summed E-state index contributed by atoms with van der Waals surface area (Å²) in [6.45, 7) is 18.5. The van der Waals surface area contributed by atoms with Crippen LogP contribution in [0.25, 0.3) is 21.5 Å². The molecule has 5 aromatic carbocycles. The van der Waals surface area contributed by atoms with E-state index in [4.69, 9.17) is 0 Å². The Morgan fingerprint density at radius 3 is 1.39 bits per heavy atom. The maximum absolute atomic E-state index is 3.80. The van der Waals surface area contributed by atoms with E-state index < -0.39 is 0 Å². The smallest absolute Gasteiger partial charge is 0.0771 e. The average molecular weight is 656 g/mol. The summed E-state index contributed by atoms with van der Waals surface area (Å²) >= 11 is 1.46. The van der Waals surface area contributed by atoms with Crippen molar-refractivity contribution < 1.29 is 24.2 Å². The Kier molecular flexibility index (Phi) is 12.2. The molecule has 0 amide bonds. The first kappa shape index (κ1) is 33.9. The molecule has 1 aliphatic rings. The maximum Gasteiger partial charge on any atom is -0.0771 e. The predicted octanol–water partition coefficient (Wildman–Crippen LogP) is 11.8. The zero-order valence-corrected chi connectivity index (χ0v) is 30.3. The van der Waals surface area contributed by atoms with Gasteiger partial charge in [0, 0.05) is 0 Å². The molecule has 0 saturated heterocycles. The minimum Gasteiger partial charge on any atom is -0.126 e. The fourth-order valence-electron chi connectivity index (χ4n) is 6.24. The first-order valence-electron chi connectivity index (χ1n) is 16.2. The molecule has 5 aromatic rings. The van der Waals surface area contributed by atoms with Crippen molar-refractivity contribution in [2.45, 2.75) is 55.4 Å². The Bertz CT molecular complexity index is 1620. The summed E-state index contributed by atoms with van der Waals surface area (Å²) in [7, 11) is 0. The van der Waals surface area contributed by atoms with Crippen molar-refractivity contribution in [3.05, 3.63) is 149 Å². The normalized spacial score (nSPS) is 14.7. The van der Waals surface area contributed by atoms with Gasteiger partial charge in [0.1, 0.15) is 0 Å². The van der Waals surface area contributed by atoms with Crippen LogP contribution in [0, 0.1) is 35.7 Å². The number of allylic oxidation sites excluding steroid dienone is 4. The molecule has 1 unspecified atom stereocenters. The molecule has 1 atom stereocenters. The molecule has 44 heavy (non-hydrogen) atoms. The van der Waals surface area contributed by atoms with E-state index in [-0.39, 0.29) is 0 Å². The Morgan fingerprint density at radius 2 is 1.00 bits per heavy atom. The van der Waals surface area contributed by atoms with Gasteiger partial charge in [-0.05, 0) is 5.92 Å². The molecule has 1 aliphatic carbocycles. The van der Waals surface area contributed by atoms with Crippen LogP contribution in [-0.4, -0.2) is 3.21 Å². The van der Waals surface area contributed by atoms with Gasteiger partial charge in [-0.3, -0.25) is 6.08 Å². The summed E-state index contributed by atoms with van der Waals surface area (Å²) in [6.07, 6.45) is 3.80. The molecular formula is C43H48Zr. The standard InChI is InChI=1S/C17H29.C13H9.C13H10.Zr/c1-10(2)14-9-15(11(3)4)17(13(7)8)16(14)12(5)6;1-3-7-12-10(5-1)9-11-6-2-4-8-13(11)12;1-3-7-12(8-4-1)11-13-9-5-2-6-10-13;/h10-14H,1-8H3;1-9H;1-10H;/q2*-1;;+2. The van der Waals surface area contributed by atoms with Gasteiger partial charge in [-0.2, -0.15) is 11.1 Å². The van der Waals surface area contributed by atoms with E-state index in [1.54, 1.807) is 11.1 Å². The van der Waals surface area contributed by atoms with Gasteiger partial charge in [-0.25, -0.2) is 5.57 Å². The largest absolute Gasteiger partial charge is 0.126 e. The van der Waals surface area contributed by atoms with E-state index in [0.29, 0.717) is 29.6 Å². The molecule has 0 fully saturated rings. The number of hydrogen-bond acceptors (Lipinski definition) is 0. The van der Waals surface area contributed by atoms with Gasteiger partial charge in [0.15, 0.2) is 0 Å². The number of benzene rings is 4. The summed E-state index contributed by atoms with van der Waals surface area (Å²) in [5.74, 6) is 3.08. The molecule has 0 aromatic heterocycles. The minimum atomic E-state index is 0.546. The predicted molar refractivity (Wildman–Crippen MR) is 190 cm³/mol. The molecule has 1 heteroatoms. The van der Waals surface area contributed by atoms with Crippen LogP contribution in [-0.2, 0) is 24.2 Å². The van der Waals surface area contributed by atoms with Gasteiger partial charge < -0.3 is 0 Å². The number of fused-ring (bicyclic) bond motifs is 3. The van der Waals surface area contributed by atoms with Crippen LogP contribution in [0.15, 0.2) is 132 Å². The summed E-state index contributed by atoms with van der Waals surface area (Å²) in [4.78, 5) is 0. The Morgan fingerprint density at radius 1 is 0.568 bits per heavy atom. The second-order valence-electron chi connectivity index (χ2n) is 13.0. The van der Waals surface area contributed by atoms with E-state index in [0.717, 1.165) is 0 Å². The van der Waals surface area contributed by atoms with Crippen molar-refractivity contribution in [3.8, 4) is 0 Å². The van der Waals surface area contributed by atoms with Gasteiger partial charge >= 0.3 is 99.2 Å². The monoisotopic (exact) mass is 654 g/mol. The van der Waals surface area contributed by atoms with Crippen LogP contribution >= 0.6 is 0 Å². The van der Waals surface area contributed by atoms with E-state index in [1.807, 2.05) is 0 Å². The van der Waals surface area contributed by atoms with Crippen molar-refractivity contribution in [1.82, 2.24) is 0 Å². The molecule has 6 rings (SSSR count). The fourth-order valence-corrected chi connectivity index (χ4v) is 7.06. The van der Waals surface area contributed by atoms with E-state index in [1.165, 1.54) is 65.7 Å². The molecule has 0 saturated carbocycles. The maximum atomic E-state index is 3.80. The van der Waals surface area contributed by atoms with Crippen molar-refractivity contribution >= 4 is 24.8 Å². The fraction of sp³-hybridized carbons (Fsp3) is 0.302. The van der Waals surface area contributed by atoms with Gasteiger partial charge in [0.2, 0.25) is 0 Å². The molecule has 0 bridgehead atoms. The molecule has 0 spiro atoms. The average Bonchev–Trinajstić information content (AvgIpc) is 3.63. The number of hydrogen-bond donors (Lipinski definition) is 0. The van der Waals surface area contributed by atoms with Crippen LogP contribution in [0.2, 0.25) is 0 Å². The van der Waals surface area contributed by atoms with E-state index >= 15 is 0 Å². The first-order valence-corrected chi connectivity index (χ1v) is 17.4. The van der Waals surface area contributed by atoms with Gasteiger partial charge in [0.05, 0.1) is 0 Å². The first-order chi connectivity index (χ1) is 21.1. The molecule has 224 valence electrons. The third-order valence-electron chi connectivity index (χ3n) is 8.34. The van der Waals surface area contributed by atoms with E-state index in [2.05, 4.69) is 177 Å². The van der Waals surface area contributed by atoms with Crippen molar-refractivity contribution in [2.75, 3.05) is 0 Å². The Labute approximate surface area is 281 Å². The molecule has 0 N–H and O–H groups in total. The SMILES string of the molecule is CC(C)C1=[C-]C(C(C)C)C(C(C)C)=C1C(C)C.[Zr+2]=[C](c1ccccc1)c1ccccc1.c1ccc2c(c1)[cH-]c1ccccc12. The summed E-state index contributed by atoms with van der Waals surface area (Å²) < 4.78 is 1.42. The molecular weight excluding hydrogens is 608 g/mol. The molecule has 0 heterocycles. The third-order valence-corrected chi connectivity index (χ3v) is 9.76. The topological polar surface area (TPSA) is 0 Å². The quantitative estimate of drug-likeness (QED) is 0.160. The molecule has 0 aliphatic heterocycles. The Hall–Kier alpha value is -3.02. The van der Waals surface area contributed by atoms with Crippen molar-refractivity contribution in [3.63, 3.8) is 0 Å². The van der Waals surface area contributed by atoms with Crippen LogP contribution in [0.4, 0.5) is 0 Å². The molecule has 0 radical (unpaired) electrons. The zero-order chi connectivity index (χ0) is 31.8. The summed E-state index contributed by atoms with van der Waals surface area (Å²) in [5.41, 5.74) is 7.41. The summed E-state index contributed by atoms with van der Waals surface area (Å²) in [5, 5.41) is 5.39. The number of rotatable bonds is 6. The van der Waals surface area contributed by atoms with Crippen LogP contribution in [0.5, 0.6) is 0 Å². The second kappa shape index (κ2) is 15.8. The van der Waals surface area contributed by atoms with E-state index in [9.17, 15) is 0 Å². The van der Waals surface area contributed by atoms with Crippen molar-refractivity contribution in [1.29, 1.82) is 0 Å². The Balaban J connectivity index is 0.000000152. The zero-order valence-electron chi connectivity index (χ0n) is 27.9. The minimum absolute atomic E-state index is 0.546. The van der Waals surface area contributed by atoms with Gasteiger partial charge in [-0.1, -0.05) is 115 Å². The van der Waals surface area contributed by atoms with Crippen LogP contribution in [0.3, 0.4) is 0 Å². The molecule has 0 nitrogen and oxygen atoms in total. The second-order valence-corrected chi connectivity index (χ2v) is 14.3. The van der Waals surface area contributed by atoms with Gasteiger partial charge in [0.25, 0.3) is 0 Å². The third kappa shape index (κ3) is 8.17. The van der Waals surface area contributed by atoms with Crippen LogP contribution in [0.1, 0.15) is 66.5 Å². The van der Waals surface area contributed by atoms with Gasteiger partial charge in [-0.15, -0.1) is 39.7 Å². The van der Waals surface area contributed by atoms with Crippen LogP contribution < -0.4 is 0 Å². The summed E-state index contributed by atoms with van der Waals surface area (Å²) in [6, 6.07) is 40.4.